The number of ether oxygens (including phenoxy) is 1. The van der Waals surface area contributed by atoms with E-state index in [2.05, 4.69) is 9.97 Å². The molecule has 1 aliphatic heterocycles. The number of fused-ring (bicyclic) bond motifs is 1. The second-order valence-corrected chi connectivity index (χ2v) is 6.21. The number of hydrogen-bond acceptors (Lipinski definition) is 5. The van der Waals surface area contributed by atoms with E-state index in [9.17, 15) is 4.79 Å². The second kappa shape index (κ2) is 6.03. The van der Waals surface area contributed by atoms with Crippen molar-refractivity contribution in [1.29, 1.82) is 0 Å². The zero-order valence-electron chi connectivity index (χ0n) is 11.8. The van der Waals surface area contributed by atoms with Crippen molar-refractivity contribution in [2.45, 2.75) is 25.0 Å². The molecule has 1 atom stereocenters. The van der Waals surface area contributed by atoms with Crippen molar-refractivity contribution in [2.24, 2.45) is 5.92 Å². The fraction of sp³-hybridized carbons (Fsp3) is 0.500. The molecule has 0 saturated carbocycles. The summed E-state index contributed by atoms with van der Waals surface area (Å²) in [4.78, 5) is 19.8. The fourth-order valence-electron chi connectivity index (χ4n) is 2.48. The average Bonchev–Trinajstić information content (AvgIpc) is 3.05. The van der Waals surface area contributed by atoms with Crippen molar-refractivity contribution in [1.82, 2.24) is 14.5 Å². The lowest BCUT2D eigenvalue weighted by Gasteiger charge is -2.11. The SMILES string of the molecule is Cc1cnc2c(c1)nc(SCC(=O)O)n2CC1CCOC1. The highest BCUT2D eigenvalue weighted by atomic mass is 32.2. The molecule has 3 rings (SSSR count). The van der Waals surface area contributed by atoms with E-state index < -0.39 is 5.97 Å². The summed E-state index contributed by atoms with van der Waals surface area (Å²) in [6, 6.07) is 1.98. The van der Waals surface area contributed by atoms with Gasteiger partial charge in [0.05, 0.1) is 12.4 Å². The summed E-state index contributed by atoms with van der Waals surface area (Å²) < 4.78 is 7.45. The van der Waals surface area contributed by atoms with Crippen LogP contribution in [0, 0.1) is 12.8 Å². The van der Waals surface area contributed by atoms with Gasteiger partial charge in [0.15, 0.2) is 10.8 Å². The van der Waals surface area contributed by atoms with Gasteiger partial charge in [-0.05, 0) is 25.0 Å². The lowest BCUT2D eigenvalue weighted by Crippen LogP contribution is -2.12. The van der Waals surface area contributed by atoms with E-state index in [0.717, 1.165) is 48.1 Å². The maximum absolute atomic E-state index is 10.8. The Morgan fingerprint density at radius 3 is 3.19 bits per heavy atom. The first kappa shape index (κ1) is 14.3. The van der Waals surface area contributed by atoms with Gasteiger partial charge in [-0.3, -0.25) is 4.79 Å². The molecule has 1 unspecified atom stereocenters. The monoisotopic (exact) mass is 307 g/mol. The van der Waals surface area contributed by atoms with Gasteiger partial charge >= 0.3 is 5.97 Å². The maximum atomic E-state index is 10.8. The number of aliphatic carboxylic acids is 1. The number of imidazole rings is 1. The Bertz CT molecular complexity index is 665. The van der Waals surface area contributed by atoms with Crippen molar-refractivity contribution < 1.29 is 14.6 Å². The molecule has 112 valence electrons. The first-order valence-electron chi connectivity index (χ1n) is 6.88. The third kappa shape index (κ3) is 3.19. The van der Waals surface area contributed by atoms with E-state index in [1.54, 1.807) is 0 Å². The third-order valence-electron chi connectivity index (χ3n) is 3.48. The number of rotatable bonds is 5. The van der Waals surface area contributed by atoms with Gasteiger partial charge in [-0.1, -0.05) is 11.8 Å². The molecule has 1 saturated heterocycles. The molecule has 0 aliphatic carbocycles. The van der Waals surface area contributed by atoms with Crippen LogP contribution in [-0.2, 0) is 16.1 Å². The number of carboxylic acid groups (broad SMARTS) is 1. The molecule has 2 aromatic rings. The smallest absolute Gasteiger partial charge is 0.313 e. The maximum Gasteiger partial charge on any atom is 0.313 e. The summed E-state index contributed by atoms with van der Waals surface area (Å²) in [6.45, 7) is 4.28. The van der Waals surface area contributed by atoms with Crippen LogP contribution in [0.15, 0.2) is 17.4 Å². The van der Waals surface area contributed by atoms with Gasteiger partial charge in [-0.15, -0.1) is 0 Å². The minimum Gasteiger partial charge on any atom is -0.481 e. The Morgan fingerprint density at radius 2 is 2.48 bits per heavy atom. The lowest BCUT2D eigenvalue weighted by atomic mass is 10.1. The van der Waals surface area contributed by atoms with E-state index in [1.165, 1.54) is 11.8 Å². The number of pyridine rings is 1. The summed E-state index contributed by atoms with van der Waals surface area (Å²) in [5, 5.41) is 9.60. The zero-order chi connectivity index (χ0) is 14.8. The molecule has 0 aromatic carbocycles. The largest absolute Gasteiger partial charge is 0.481 e. The summed E-state index contributed by atoms with van der Waals surface area (Å²) in [6.07, 6.45) is 2.84. The number of carboxylic acids is 1. The van der Waals surface area contributed by atoms with Crippen LogP contribution in [0.1, 0.15) is 12.0 Å². The summed E-state index contributed by atoms with van der Waals surface area (Å²) >= 11 is 1.24. The van der Waals surface area contributed by atoms with E-state index >= 15 is 0 Å². The first-order chi connectivity index (χ1) is 10.1. The molecule has 1 N–H and O–H groups in total. The van der Waals surface area contributed by atoms with Crippen molar-refractivity contribution in [3.05, 3.63) is 17.8 Å². The van der Waals surface area contributed by atoms with Crippen LogP contribution in [0.4, 0.5) is 0 Å². The normalized spacial score (nSPS) is 18.4. The molecule has 0 amide bonds. The number of aryl methyl sites for hydroxylation is 1. The van der Waals surface area contributed by atoms with Crippen LogP contribution in [0.5, 0.6) is 0 Å². The van der Waals surface area contributed by atoms with Gasteiger partial charge in [0.1, 0.15) is 5.52 Å². The lowest BCUT2D eigenvalue weighted by molar-refractivity contribution is -0.133. The third-order valence-corrected chi connectivity index (χ3v) is 4.44. The first-order valence-corrected chi connectivity index (χ1v) is 7.87. The van der Waals surface area contributed by atoms with E-state index in [4.69, 9.17) is 9.84 Å². The number of thioether (sulfide) groups is 1. The highest BCUT2D eigenvalue weighted by Gasteiger charge is 2.21. The van der Waals surface area contributed by atoms with Crippen LogP contribution >= 0.6 is 11.8 Å². The molecule has 0 radical (unpaired) electrons. The highest BCUT2D eigenvalue weighted by molar-refractivity contribution is 7.99. The molecule has 1 aliphatic rings. The van der Waals surface area contributed by atoms with Gasteiger partial charge in [0, 0.05) is 25.3 Å². The van der Waals surface area contributed by atoms with Crippen molar-refractivity contribution in [3.63, 3.8) is 0 Å². The topological polar surface area (TPSA) is 77.2 Å². The second-order valence-electron chi connectivity index (χ2n) is 5.27. The fourth-order valence-corrected chi connectivity index (χ4v) is 3.21. The summed E-state index contributed by atoms with van der Waals surface area (Å²) in [7, 11) is 0. The Kier molecular flexibility index (Phi) is 4.12. The Morgan fingerprint density at radius 1 is 1.62 bits per heavy atom. The molecular formula is C14H17N3O3S. The van der Waals surface area contributed by atoms with Gasteiger partial charge in [-0.2, -0.15) is 0 Å². The molecular weight excluding hydrogens is 290 g/mol. The molecule has 0 bridgehead atoms. The van der Waals surface area contributed by atoms with Crippen LogP contribution in [0.2, 0.25) is 0 Å². The minimum atomic E-state index is -0.841. The predicted octanol–water partition coefficient (Wildman–Crippen LogP) is 1.95. The molecule has 0 spiro atoms. The molecule has 21 heavy (non-hydrogen) atoms. The van der Waals surface area contributed by atoms with E-state index in [1.807, 2.05) is 23.8 Å². The summed E-state index contributed by atoms with van der Waals surface area (Å²) in [5.41, 5.74) is 2.69. The van der Waals surface area contributed by atoms with Gasteiger partial charge in [0.2, 0.25) is 0 Å². The number of nitrogens with zero attached hydrogens (tertiary/aromatic N) is 3. The standard InChI is InChI=1S/C14H17N3O3S/c1-9-4-11-13(15-5-9)17(6-10-2-3-20-7-10)14(16-11)21-8-12(18)19/h4-5,10H,2-3,6-8H2,1H3,(H,18,19). The van der Waals surface area contributed by atoms with Crippen molar-refractivity contribution in [2.75, 3.05) is 19.0 Å². The van der Waals surface area contributed by atoms with Gasteiger partial charge in [0.25, 0.3) is 0 Å². The molecule has 7 heteroatoms. The van der Waals surface area contributed by atoms with Crippen LogP contribution in [0.25, 0.3) is 11.2 Å². The summed E-state index contributed by atoms with van der Waals surface area (Å²) in [5.74, 6) is -0.398. The Hall–Kier alpha value is -1.60. The zero-order valence-corrected chi connectivity index (χ0v) is 12.6. The average molecular weight is 307 g/mol. The van der Waals surface area contributed by atoms with Crippen molar-refractivity contribution >= 4 is 28.9 Å². The Labute approximate surface area is 126 Å². The minimum absolute atomic E-state index is 0.00344. The van der Waals surface area contributed by atoms with Crippen LogP contribution in [-0.4, -0.2) is 44.6 Å². The van der Waals surface area contributed by atoms with Crippen LogP contribution < -0.4 is 0 Å². The van der Waals surface area contributed by atoms with Crippen LogP contribution in [0.3, 0.4) is 0 Å². The molecule has 6 nitrogen and oxygen atoms in total. The molecule has 3 heterocycles. The quantitative estimate of drug-likeness (QED) is 0.851. The number of aromatic nitrogens is 3. The van der Waals surface area contributed by atoms with E-state index in [-0.39, 0.29) is 5.75 Å². The molecule has 1 fully saturated rings. The van der Waals surface area contributed by atoms with Gasteiger partial charge < -0.3 is 14.4 Å². The number of hydrogen-bond donors (Lipinski definition) is 1. The predicted molar refractivity (Wildman–Crippen MR) is 79.6 cm³/mol. The molecule has 2 aromatic heterocycles. The highest BCUT2D eigenvalue weighted by Crippen LogP contribution is 2.26. The van der Waals surface area contributed by atoms with E-state index in [0.29, 0.717) is 5.92 Å². The van der Waals surface area contributed by atoms with Gasteiger partial charge in [-0.25, -0.2) is 9.97 Å². The Balaban J connectivity index is 1.95. The number of carbonyl (C=O) groups is 1. The van der Waals surface area contributed by atoms with Crippen molar-refractivity contribution in [3.8, 4) is 0 Å².